The summed E-state index contributed by atoms with van der Waals surface area (Å²) in [6.45, 7) is 0.00584. The summed E-state index contributed by atoms with van der Waals surface area (Å²) in [6, 6.07) is 1.68. The molecule has 0 spiro atoms. The molecule has 8 nitrogen and oxygen atoms in total. The van der Waals surface area contributed by atoms with Crippen molar-refractivity contribution in [1.29, 1.82) is 0 Å². The van der Waals surface area contributed by atoms with E-state index in [1.165, 1.54) is 23.7 Å². The van der Waals surface area contributed by atoms with Crippen molar-refractivity contribution in [3.63, 3.8) is 0 Å². The van der Waals surface area contributed by atoms with Crippen LogP contribution in [0.3, 0.4) is 0 Å². The summed E-state index contributed by atoms with van der Waals surface area (Å²) in [4.78, 5) is 32.4. The Balaban J connectivity index is 1.73. The lowest BCUT2D eigenvalue weighted by atomic mass is 9.95. The van der Waals surface area contributed by atoms with Gasteiger partial charge in [0.1, 0.15) is 12.9 Å². The number of rotatable bonds is 6. The summed E-state index contributed by atoms with van der Waals surface area (Å²) in [5, 5.41) is 8.09. The normalized spacial score (nSPS) is 17.3. The van der Waals surface area contributed by atoms with Gasteiger partial charge >= 0.3 is 12.4 Å². The minimum Gasteiger partial charge on any atom is -0.343 e. The Labute approximate surface area is 199 Å². The van der Waals surface area contributed by atoms with Crippen LogP contribution in [0.4, 0.5) is 26.3 Å². The number of nitrogens with one attached hydrogen (secondary N) is 2. The summed E-state index contributed by atoms with van der Waals surface area (Å²) < 4.78 is 77.2. The molecule has 2 heterocycles. The SMILES string of the molecule is CC(NC(=O)C1=CC(C(F)(F)F)CC(Cl)=C1)c1ncnn1-c1ccc(C(=O)NCC(F)(F)F)cn1. The van der Waals surface area contributed by atoms with Crippen molar-refractivity contribution in [3.8, 4) is 5.82 Å². The van der Waals surface area contributed by atoms with Gasteiger partial charge in [-0.05, 0) is 31.6 Å². The predicted octanol–water partition coefficient (Wildman–Crippen LogP) is 3.76. The summed E-state index contributed by atoms with van der Waals surface area (Å²) in [5.41, 5.74) is -0.387. The number of aromatic nitrogens is 4. The summed E-state index contributed by atoms with van der Waals surface area (Å²) >= 11 is 5.80. The number of allylic oxidation sites excluding steroid dienone is 2. The second-order valence-electron chi connectivity index (χ2n) is 7.49. The molecule has 15 heteroatoms. The first-order valence-electron chi connectivity index (χ1n) is 9.91. The maximum Gasteiger partial charge on any atom is 0.405 e. The Hall–Kier alpha value is -3.42. The molecule has 2 N–H and O–H groups in total. The second kappa shape index (κ2) is 10.1. The van der Waals surface area contributed by atoms with Gasteiger partial charge in [-0.2, -0.15) is 36.1 Å². The van der Waals surface area contributed by atoms with Crippen LogP contribution in [-0.2, 0) is 4.79 Å². The number of hydrogen-bond donors (Lipinski definition) is 2. The average Bonchev–Trinajstić information content (AvgIpc) is 3.26. The average molecular weight is 523 g/mol. The van der Waals surface area contributed by atoms with E-state index in [0.29, 0.717) is 0 Å². The third-order valence-electron chi connectivity index (χ3n) is 4.78. The summed E-state index contributed by atoms with van der Waals surface area (Å²) in [6.07, 6.45) is -5.47. The third-order valence-corrected chi connectivity index (χ3v) is 5.04. The van der Waals surface area contributed by atoms with Crippen LogP contribution in [0.15, 0.2) is 47.4 Å². The molecular weight excluding hydrogens is 506 g/mol. The predicted molar refractivity (Wildman–Crippen MR) is 110 cm³/mol. The first-order valence-corrected chi connectivity index (χ1v) is 10.3. The molecule has 0 radical (unpaired) electrons. The van der Waals surface area contributed by atoms with Crippen LogP contribution < -0.4 is 10.6 Å². The van der Waals surface area contributed by atoms with E-state index < -0.39 is 49.1 Å². The molecule has 188 valence electrons. The minimum atomic E-state index is -4.57. The molecule has 0 fully saturated rings. The molecule has 2 atom stereocenters. The van der Waals surface area contributed by atoms with Crippen LogP contribution >= 0.6 is 11.6 Å². The zero-order valence-corrected chi connectivity index (χ0v) is 18.5. The minimum absolute atomic E-state index is 0.112. The van der Waals surface area contributed by atoms with Crippen molar-refractivity contribution in [3.05, 3.63) is 58.8 Å². The summed E-state index contributed by atoms with van der Waals surface area (Å²) in [7, 11) is 0. The van der Waals surface area contributed by atoms with Gasteiger partial charge < -0.3 is 10.6 Å². The van der Waals surface area contributed by atoms with E-state index >= 15 is 0 Å². The van der Waals surface area contributed by atoms with Gasteiger partial charge in [0.15, 0.2) is 11.6 Å². The molecule has 0 aromatic carbocycles. The topological polar surface area (TPSA) is 102 Å². The van der Waals surface area contributed by atoms with E-state index in [9.17, 15) is 35.9 Å². The van der Waals surface area contributed by atoms with E-state index in [-0.39, 0.29) is 27.8 Å². The second-order valence-corrected chi connectivity index (χ2v) is 7.98. The molecule has 0 saturated carbocycles. The number of halogens is 7. The van der Waals surface area contributed by atoms with Crippen LogP contribution in [0, 0.1) is 5.92 Å². The Kier molecular flexibility index (Phi) is 7.53. The molecule has 35 heavy (non-hydrogen) atoms. The Bertz CT molecular complexity index is 1160. The van der Waals surface area contributed by atoms with Crippen molar-refractivity contribution in [2.45, 2.75) is 31.7 Å². The van der Waals surface area contributed by atoms with Gasteiger partial charge in [0.25, 0.3) is 11.8 Å². The van der Waals surface area contributed by atoms with Gasteiger partial charge in [0.05, 0.1) is 17.5 Å². The van der Waals surface area contributed by atoms with Crippen molar-refractivity contribution in [1.82, 2.24) is 30.4 Å². The molecule has 2 unspecified atom stereocenters. The number of alkyl halides is 6. The van der Waals surface area contributed by atoms with Crippen LogP contribution in [0.5, 0.6) is 0 Å². The fourth-order valence-electron chi connectivity index (χ4n) is 3.11. The van der Waals surface area contributed by atoms with Crippen LogP contribution in [-0.4, -0.2) is 50.5 Å². The highest BCUT2D eigenvalue weighted by Crippen LogP contribution is 2.37. The molecule has 0 bridgehead atoms. The highest BCUT2D eigenvalue weighted by atomic mass is 35.5. The maximum absolute atomic E-state index is 13.1. The van der Waals surface area contributed by atoms with Gasteiger partial charge in [-0.25, -0.2) is 9.97 Å². The van der Waals surface area contributed by atoms with Crippen molar-refractivity contribution < 1.29 is 35.9 Å². The highest BCUT2D eigenvalue weighted by Gasteiger charge is 2.40. The molecule has 1 aliphatic rings. The van der Waals surface area contributed by atoms with E-state index in [4.69, 9.17) is 11.6 Å². The van der Waals surface area contributed by atoms with Crippen molar-refractivity contribution >= 4 is 23.4 Å². The third kappa shape index (κ3) is 6.81. The summed E-state index contributed by atoms with van der Waals surface area (Å²) in [5.74, 6) is -3.41. The standard InChI is InChI=1S/C20H17ClF6N6O2/c1-10(32-18(35)12-4-13(20(25,26)27)6-14(21)5-12)16-30-9-31-33(16)15-3-2-11(7-28-15)17(34)29-8-19(22,23)24/h2-5,7,9-10,13H,6,8H2,1H3,(H,29,34)(H,32,35). The van der Waals surface area contributed by atoms with Crippen LogP contribution in [0.2, 0.25) is 0 Å². The Morgan fingerprint density at radius 3 is 2.49 bits per heavy atom. The molecule has 0 aliphatic heterocycles. The highest BCUT2D eigenvalue weighted by molar-refractivity contribution is 6.30. The van der Waals surface area contributed by atoms with Crippen molar-refractivity contribution in [2.24, 2.45) is 5.92 Å². The van der Waals surface area contributed by atoms with E-state index in [0.717, 1.165) is 24.7 Å². The van der Waals surface area contributed by atoms with E-state index in [1.807, 2.05) is 0 Å². The monoisotopic (exact) mass is 522 g/mol. The number of carbonyl (C=O) groups is 2. The number of pyridine rings is 1. The number of hydrogen-bond acceptors (Lipinski definition) is 5. The largest absolute Gasteiger partial charge is 0.405 e. The van der Waals surface area contributed by atoms with E-state index in [2.05, 4.69) is 20.4 Å². The maximum atomic E-state index is 13.1. The fourth-order valence-corrected chi connectivity index (χ4v) is 3.39. The lowest BCUT2D eigenvalue weighted by Gasteiger charge is -2.22. The molecule has 2 aromatic rings. The Morgan fingerprint density at radius 2 is 1.89 bits per heavy atom. The smallest absolute Gasteiger partial charge is 0.343 e. The van der Waals surface area contributed by atoms with Crippen molar-refractivity contribution in [2.75, 3.05) is 6.54 Å². The number of nitrogens with zero attached hydrogens (tertiary/aromatic N) is 4. The van der Waals surface area contributed by atoms with Gasteiger partial charge in [-0.15, -0.1) is 0 Å². The fraction of sp³-hybridized carbons (Fsp3) is 0.350. The van der Waals surface area contributed by atoms with Gasteiger partial charge in [-0.3, -0.25) is 9.59 Å². The quantitative estimate of drug-likeness (QED) is 0.563. The van der Waals surface area contributed by atoms with Gasteiger partial charge in [-0.1, -0.05) is 17.7 Å². The molecule has 1 aliphatic carbocycles. The molecule has 3 rings (SSSR count). The first-order chi connectivity index (χ1) is 16.2. The number of amides is 2. The van der Waals surface area contributed by atoms with Crippen LogP contribution in [0.25, 0.3) is 5.82 Å². The van der Waals surface area contributed by atoms with Gasteiger partial charge in [0, 0.05) is 16.8 Å². The lowest BCUT2D eigenvalue weighted by molar-refractivity contribution is -0.160. The molecule has 2 aromatic heterocycles. The van der Waals surface area contributed by atoms with Gasteiger partial charge in [0.2, 0.25) is 0 Å². The molecule has 2 amide bonds. The first kappa shape index (κ1) is 26.2. The zero-order chi connectivity index (χ0) is 26.0. The van der Waals surface area contributed by atoms with E-state index in [1.54, 1.807) is 5.32 Å². The Morgan fingerprint density at radius 1 is 1.17 bits per heavy atom. The molecule has 0 saturated heterocycles. The zero-order valence-electron chi connectivity index (χ0n) is 17.8. The lowest BCUT2D eigenvalue weighted by Crippen LogP contribution is -2.33. The number of carbonyl (C=O) groups excluding carboxylic acids is 2. The molecular formula is C20H17ClF6N6O2. The van der Waals surface area contributed by atoms with Crippen LogP contribution in [0.1, 0.15) is 35.6 Å².